The highest BCUT2D eigenvalue weighted by molar-refractivity contribution is 5.84. The summed E-state index contributed by atoms with van der Waals surface area (Å²) < 4.78 is 5.06. The van der Waals surface area contributed by atoms with Crippen LogP contribution in [0.25, 0.3) is 0 Å². The van der Waals surface area contributed by atoms with Crippen molar-refractivity contribution >= 4 is 11.8 Å². The molecule has 2 atom stereocenters. The summed E-state index contributed by atoms with van der Waals surface area (Å²) in [5.74, 6) is -0.702. The number of rotatable bonds is 8. The van der Waals surface area contributed by atoms with E-state index in [2.05, 4.69) is 10.6 Å². The lowest BCUT2D eigenvalue weighted by Crippen LogP contribution is -2.54. The molecule has 0 aliphatic heterocycles. The van der Waals surface area contributed by atoms with Crippen molar-refractivity contribution < 1.29 is 19.4 Å². The topological polar surface area (TPSA) is 87.7 Å². The Morgan fingerprint density at radius 1 is 1.20 bits per heavy atom. The molecule has 2 amide bonds. The average Bonchev–Trinajstić information content (AvgIpc) is 2.62. The molecular formula is C19H28N2O4. The predicted molar refractivity (Wildman–Crippen MR) is 95.0 cm³/mol. The van der Waals surface area contributed by atoms with Gasteiger partial charge in [0.05, 0.1) is 19.1 Å². The summed E-state index contributed by atoms with van der Waals surface area (Å²) in [4.78, 5) is 24.5. The van der Waals surface area contributed by atoms with Gasteiger partial charge in [0.2, 0.25) is 5.91 Å². The van der Waals surface area contributed by atoms with Gasteiger partial charge in [0.1, 0.15) is 0 Å². The van der Waals surface area contributed by atoms with Crippen LogP contribution in [-0.4, -0.2) is 48.8 Å². The van der Waals surface area contributed by atoms with E-state index in [0.717, 1.165) is 31.2 Å². The Hall–Kier alpha value is -1.92. The van der Waals surface area contributed by atoms with Gasteiger partial charge >= 0.3 is 0 Å². The van der Waals surface area contributed by atoms with Crippen molar-refractivity contribution in [2.75, 3.05) is 13.7 Å². The zero-order valence-electron chi connectivity index (χ0n) is 14.7. The van der Waals surface area contributed by atoms with E-state index < -0.39 is 18.1 Å². The van der Waals surface area contributed by atoms with E-state index in [1.807, 2.05) is 30.3 Å². The number of aliphatic hydroxyl groups is 1. The van der Waals surface area contributed by atoms with Crippen molar-refractivity contribution in [2.45, 2.75) is 56.7 Å². The third kappa shape index (κ3) is 6.48. The van der Waals surface area contributed by atoms with Crippen LogP contribution in [0.3, 0.4) is 0 Å². The van der Waals surface area contributed by atoms with Crippen molar-refractivity contribution in [3.05, 3.63) is 35.9 Å². The first kappa shape index (κ1) is 19.4. The van der Waals surface area contributed by atoms with E-state index in [0.29, 0.717) is 0 Å². The van der Waals surface area contributed by atoms with Crippen LogP contribution in [0, 0.1) is 0 Å². The smallest absolute Gasteiger partial charge is 0.251 e. The number of ether oxygens (including phenoxy) is 1. The highest BCUT2D eigenvalue weighted by Gasteiger charge is 2.29. The van der Waals surface area contributed by atoms with E-state index >= 15 is 0 Å². The lowest BCUT2D eigenvalue weighted by atomic mass is 9.95. The van der Waals surface area contributed by atoms with Crippen LogP contribution in [0.2, 0.25) is 0 Å². The molecule has 0 aromatic heterocycles. The molecule has 2 rings (SSSR count). The third-order valence-electron chi connectivity index (χ3n) is 4.50. The number of hydrogen-bond acceptors (Lipinski definition) is 4. The zero-order valence-corrected chi connectivity index (χ0v) is 14.7. The van der Waals surface area contributed by atoms with Crippen LogP contribution in [0.15, 0.2) is 30.3 Å². The summed E-state index contributed by atoms with van der Waals surface area (Å²) in [6.07, 6.45) is 4.12. The Morgan fingerprint density at radius 3 is 2.52 bits per heavy atom. The standard InChI is InChI=1S/C19H28N2O4/c1-25-13-16(21-17(22)12-14-8-4-2-5-9-14)18(23)19(24)20-15-10-6-3-7-11-15/h2,4-5,8-9,15-16,18,23H,3,6-7,10-13H2,1H3,(H,20,24)(H,21,22)/t16-,18?/m0/s1. The lowest BCUT2D eigenvalue weighted by Gasteiger charge is -2.27. The maximum absolute atomic E-state index is 12.3. The fourth-order valence-corrected chi connectivity index (χ4v) is 3.15. The predicted octanol–water partition coefficient (Wildman–Crippen LogP) is 1.17. The quantitative estimate of drug-likeness (QED) is 0.658. The number of carbonyl (C=O) groups is 2. The molecule has 1 aromatic carbocycles. The second-order valence-corrected chi connectivity index (χ2v) is 6.58. The molecule has 0 bridgehead atoms. The molecule has 3 N–H and O–H groups in total. The summed E-state index contributed by atoms with van der Waals surface area (Å²) in [7, 11) is 1.47. The van der Waals surface area contributed by atoms with E-state index in [4.69, 9.17) is 4.74 Å². The molecule has 1 aliphatic carbocycles. The minimum Gasteiger partial charge on any atom is -0.382 e. The van der Waals surface area contributed by atoms with Gasteiger partial charge in [0.15, 0.2) is 6.10 Å². The SMILES string of the molecule is COC[C@H](NC(=O)Cc1ccccc1)C(O)C(=O)NC1CCCCC1. The highest BCUT2D eigenvalue weighted by Crippen LogP contribution is 2.17. The number of hydrogen-bond donors (Lipinski definition) is 3. The van der Waals surface area contributed by atoms with Gasteiger partial charge in [-0.05, 0) is 18.4 Å². The van der Waals surface area contributed by atoms with Crippen molar-refractivity contribution in [2.24, 2.45) is 0 Å². The first-order valence-corrected chi connectivity index (χ1v) is 8.91. The lowest BCUT2D eigenvalue weighted by molar-refractivity contribution is -0.134. The van der Waals surface area contributed by atoms with Gasteiger partial charge in [-0.2, -0.15) is 0 Å². The van der Waals surface area contributed by atoms with Gasteiger partial charge in [0, 0.05) is 13.2 Å². The second kappa shape index (κ2) is 10.2. The average molecular weight is 348 g/mol. The first-order chi connectivity index (χ1) is 12.1. The zero-order chi connectivity index (χ0) is 18.1. The van der Waals surface area contributed by atoms with E-state index in [1.165, 1.54) is 13.5 Å². The van der Waals surface area contributed by atoms with Crippen molar-refractivity contribution in [1.82, 2.24) is 10.6 Å². The molecule has 25 heavy (non-hydrogen) atoms. The largest absolute Gasteiger partial charge is 0.382 e. The fraction of sp³-hybridized carbons (Fsp3) is 0.579. The minimum atomic E-state index is -1.33. The Bertz CT molecular complexity index is 544. The number of nitrogens with one attached hydrogen (secondary N) is 2. The molecule has 1 unspecified atom stereocenters. The van der Waals surface area contributed by atoms with Gasteiger partial charge in [-0.25, -0.2) is 0 Å². The fourth-order valence-electron chi connectivity index (χ4n) is 3.15. The molecule has 0 saturated heterocycles. The van der Waals surface area contributed by atoms with Crippen LogP contribution < -0.4 is 10.6 Å². The van der Waals surface area contributed by atoms with Crippen LogP contribution >= 0.6 is 0 Å². The molecular weight excluding hydrogens is 320 g/mol. The van der Waals surface area contributed by atoms with Gasteiger partial charge in [-0.1, -0.05) is 49.6 Å². The summed E-state index contributed by atoms with van der Waals surface area (Å²) in [5, 5.41) is 15.9. The number of amides is 2. The summed E-state index contributed by atoms with van der Waals surface area (Å²) in [6.45, 7) is 0.0692. The normalized spacial score (nSPS) is 17.5. The van der Waals surface area contributed by atoms with Crippen LogP contribution in [0.5, 0.6) is 0 Å². The molecule has 1 saturated carbocycles. The van der Waals surface area contributed by atoms with E-state index in [9.17, 15) is 14.7 Å². The highest BCUT2D eigenvalue weighted by atomic mass is 16.5. The number of aliphatic hydroxyl groups excluding tert-OH is 1. The molecule has 6 nitrogen and oxygen atoms in total. The summed E-state index contributed by atoms with van der Waals surface area (Å²) >= 11 is 0. The van der Waals surface area contributed by atoms with Gasteiger partial charge in [-0.3, -0.25) is 9.59 Å². The Labute approximate surface area is 149 Å². The van der Waals surface area contributed by atoms with E-state index in [-0.39, 0.29) is 25.0 Å². The summed E-state index contributed by atoms with van der Waals surface area (Å²) in [5.41, 5.74) is 0.873. The molecule has 1 aliphatic rings. The Morgan fingerprint density at radius 2 is 1.88 bits per heavy atom. The molecule has 6 heteroatoms. The van der Waals surface area contributed by atoms with Crippen LogP contribution in [0.1, 0.15) is 37.7 Å². The second-order valence-electron chi connectivity index (χ2n) is 6.58. The number of benzene rings is 1. The molecule has 138 valence electrons. The van der Waals surface area contributed by atoms with E-state index in [1.54, 1.807) is 0 Å². The van der Waals surface area contributed by atoms with Crippen molar-refractivity contribution in [3.63, 3.8) is 0 Å². The Balaban J connectivity index is 1.88. The van der Waals surface area contributed by atoms with Gasteiger partial charge in [0.25, 0.3) is 5.91 Å². The van der Waals surface area contributed by atoms with Crippen molar-refractivity contribution in [3.8, 4) is 0 Å². The molecule has 0 radical (unpaired) electrons. The third-order valence-corrected chi connectivity index (χ3v) is 4.50. The molecule has 0 heterocycles. The minimum absolute atomic E-state index is 0.0692. The number of methoxy groups -OCH3 is 1. The first-order valence-electron chi connectivity index (χ1n) is 8.91. The molecule has 0 spiro atoms. The van der Waals surface area contributed by atoms with Gasteiger partial charge < -0.3 is 20.5 Å². The molecule has 1 fully saturated rings. The van der Waals surface area contributed by atoms with Crippen LogP contribution in [0.4, 0.5) is 0 Å². The van der Waals surface area contributed by atoms with Gasteiger partial charge in [-0.15, -0.1) is 0 Å². The Kier molecular flexibility index (Phi) is 7.88. The number of carbonyl (C=O) groups excluding carboxylic acids is 2. The maximum Gasteiger partial charge on any atom is 0.251 e. The molecule has 1 aromatic rings. The maximum atomic E-state index is 12.3. The summed E-state index contributed by atoms with van der Waals surface area (Å²) in [6, 6.07) is 8.66. The van der Waals surface area contributed by atoms with Crippen LogP contribution in [-0.2, 0) is 20.7 Å². The van der Waals surface area contributed by atoms with Crippen molar-refractivity contribution in [1.29, 1.82) is 0 Å². The monoisotopic (exact) mass is 348 g/mol.